The van der Waals surface area contributed by atoms with Crippen LogP contribution in [-0.4, -0.2) is 23.5 Å². The van der Waals surface area contributed by atoms with Crippen LogP contribution in [0, 0.1) is 5.82 Å². The van der Waals surface area contributed by atoms with Crippen LogP contribution >= 0.6 is 0 Å². The number of anilines is 1. The van der Waals surface area contributed by atoms with Crippen molar-refractivity contribution in [3.05, 3.63) is 24.0 Å². The molecule has 1 rings (SSSR count). The number of ether oxygens (including phenoxy) is 3. The summed E-state index contributed by atoms with van der Waals surface area (Å²) in [5.74, 6) is -0.802. The molecular formula is C16H22FNO5. The Kier molecular flexibility index (Phi) is 5.58. The Morgan fingerprint density at radius 2 is 1.57 bits per heavy atom. The molecule has 0 unspecified atom stereocenters. The van der Waals surface area contributed by atoms with Gasteiger partial charge in [0.05, 0.1) is 5.69 Å². The van der Waals surface area contributed by atoms with Gasteiger partial charge >= 0.3 is 12.2 Å². The van der Waals surface area contributed by atoms with Crippen molar-refractivity contribution in [1.29, 1.82) is 0 Å². The highest BCUT2D eigenvalue weighted by Gasteiger charge is 2.20. The van der Waals surface area contributed by atoms with Gasteiger partial charge in [0.1, 0.15) is 17.0 Å². The highest BCUT2D eigenvalue weighted by Crippen LogP contribution is 2.22. The minimum atomic E-state index is -0.940. The quantitative estimate of drug-likeness (QED) is 0.640. The maximum atomic E-state index is 13.9. The van der Waals surface area contributed by atoms with Crippen LogP contribution in [-0.2, 0) is 9.47 Å². The second-order valence-corrected chi connectivity index (χ2v) is 6.84. The molecule has 0 aromatic heterocycles. The second-order valence-electron chi connectivity index (χ2n) is 6.84. The van der Waals surface area contributed by atoms with E-state index in [9.17, 15) is 14.0 Å². The highest BCUT2D eigenvalue weighted by molar-refractivity contribution is 5.85. The molecule has 0 atom stereocenters. The molecular weight excluding hydrogens is 305 g/mol. The van der Waals surface area contributed by atoms with Gasteiger partial charge in [0.15, 0.2) is 5.82 Å². The van der Waals surface area contributed by atoms with Crippen LogP contribution in [0.4, 0.5) is 19.7 Å². The molecule has 6 nitrogen and oxygen atoms in total. The van der Waals surface area contributed by atoms with Crippen LogP contribution in [0.25, 0.3) is 0 Å². The smallest absolute Gasteiger partial charge is 0.444 e. The van der Waals surface area contributed by atoms with E-state index < -0.39 is 29.3 Å². The maximum Gasteiger partial charge on any atom is 0.514 e. The van der Waals surface area contributed by atoms with Crippen molar-refractivity contribution in [2.75, 3.05) is 5.32 Å². The lowest BCUT2D eigenvalue weighted by molar-refractivity contribution is 0.0205. The lowest BCUT2D eigenvalue weighted by Crippen LogP contribution is -2.27. The zero-order chi connectivity index (χ0) is 17.8. The minimum absolute atomic E-state index is 0.0357. The number of hydrogen-bond donors (Lipinski definition) is 1. The zero-order valence-corrected chi connectivity index (χ0v) is 14.2. The summed E-state index contributed by atoms with van der Waals surface area (Å²) in [5, 5.41) is 2.28. The van der Waals surface area contributed by atoms with Gasteiger partial charge in [-0.1, -0.05) is 0 Å². The van der Waals surface area contributed by atoms with Gasteiger partial charge in [0, 0.05) is 6.07 Å². The summed E-state index contributed by atoms with van der Waals surface area (Å²) in [5.41, 5.74) is -1.50. The molecule has 1 aromatic rings. The first-order valence-electron chi connectivity index (χ1n) is 7.06. The molecule has 0 fully saturated rings. The summed E-state index contributed by atoms with van der Waals surface area (Å²) in [4.78, 5) is 23.1. The topological polar surface area (TPSA) is 73.9 Å². The summed E-state index contributed by atoms with van der Waals surface area (Å²) in [7, 11) is 0. The molecule has 0 bridgehead atoms. The number of benzene rings is 1. The van der Waals surface area contributed by atoms with E-state index in [1.807, 2.05) is 0 Å². The Balaban J connectivity index is 2.71. The van der Waals surface area contributed by atoms with Gasteiger partial charge in [-0.25, -0.2) is 14.0 Å². The molecule has 7 heteroatoms. The fourth-order valence-corrected chi connectivity index (χ4v) is 1.44. The fraction of sp³-hybridized carbons (Fsp3) is 0.500. The van der Waals surface area contributed by atoms with Crippen LogP contribution < -0.4 is 10.1 Å². The number of halogens is 1. The van der Waals surface area contributed by atoms with Crippen LogP contribution in [0.2, 0.25) is 0 Å². The van der Waals surface area contributed by atoms with Gasteiger partial charge in [-0.3, -0.25) is 5.32 Å². The van der Waals surface area contributed by atoms with Crippen LogP contribution in [0.5, 0.6) is 5.75 Å². The number of carbonyl (C=O) groups excluding carboxylic acids is 2. The van der Waals surface area contributed by atoms with Gasteiger partial charge < -0.3 is 14.2 Å². The lowest BCUT2D eigenvalue weighted by atomic mass is 10.2. The van der Waals surface area contributed by atoms with Gasteiger partial charge in [-0.05, 0) is 53.7 Å². The lowest BCUT2D eigenvalue weighted by Gasteiger charge is -2.20. The first-order valence-corrected chi connectivity index (χ1v) is 7.06. The Morgan fingerprint density at radius 3 is 2.04 bits per heavy atom. The van der Waals surface area contributed by atoms with Crippen LogP contribution in [0.15, 0.2) is 18.2 Å². The van der Waals surface area contributed by atoms with Crippen molar-refractivity contribution >= 4 is 17.9 Å². The molecule has 128 valence electrons. The largest absolute Gasteiger partial charge is 0.514 e. The second kappa shape index (κ2) is 6.85. The highest BCUT2D eigenvalue weighted by atomic mass is 19.1. The van der Waals surface area contributed by atoms with Crippen molar-refractivity contribution in [2.45, 2.75) is 52.7 Å². The molecule has 0 saturated carbocycles. The zero-order valence-electron chi connectivity index (χ0n) is 14.2. The third-order valence-electron chi connectivity index (χ3n) is 2.17. The Bertz CT molecular complexity index is 587. The predicted octanol–water partition coefficient (Wildman–Crippen LogP) is 4.49. The van der Waals surface area contributed by atoms with Gasteiger partial charge in [-0.2, -0.15) is 0 Å². The summed E-state index contributed by atoms with van der Waals surface area (Å²) < 4.78 is 28.8. The van der Waals surface area contributed by atoms with E-state index in [4.69, 9.17) is 14.2 Å². The van der Waals surface area contributed by atoms with E-state index in [0.717, 1.165) is 6.07 Å². The van der Waals surface area contributed by atoms with E-state index in [1.54, 1.807) is 41.5 Å². The van der Waals surface area contributed by atoms with E-state index in [-0.39, 0.29) is 11.4 Å². The average Bonchev–Trinajstić information content (AvgIpc) is 2.27. The Hall–Kier alpha value is -2.31. The molecule has 0 radical (unpaired) electrons. The van der Waals surface area contributed by atoms with Crippen molar-refractivity contribution in [3.63, 3.8) is 0 Å². The summed E-state index contributed by atoms with van der Waals surface area (Å²) in [6.07, 6.45) is -1.72. The first-order chi connectivity index (χ1) is 10.4. The van der Waals surface area contributed by atoms with Crippen LogP contribution in [0.3, 0.4) is 0 Å². The molecule has 0 spiro atoms. The first kappa shape index (κ1) is 18.7. The Morgan fingerprint density at radius 1 is 1.00 bits per heavy atom. The number of carbonyl (C=O) groups is 2. The predicted molar refractivity (Wildman–Crippen MR) is 83.1 cm³/mol. The summed E-state index contributed by atoms with van der Waals surface area (Å²) in [6.45, 7) is 10.1. The van der Waals surface area contributed by atoms with Gasteiger partial charge in [0.2, 0.25) is 0 Å². The van der Waals surface area contributed by atoms with Crippen molar-refractivity contribution in [2.24, 2.45) is 0 Å². The molecule has 1 amide bonds. The molecule has 1 N–H and O–H groups in total. The van der Waals surface area contributed by atoms with E-state index in [2.05, 4.69) is 5.32 Å². The van der Waals surface area contributed by atoms with E-state index >= 15 is 0 Å². The summed E-state index contributed by atoms with van der Waals surface area (Å²) in [6, 6.07) is 3.56. The molecule has 0 saturated heterocycles. The Labute approximate surface area is 134 Å². The van der Waals surface area contributed by atoms with E-state index in [0.29, 0.717) is 0 Å². The molecule has 0 aliphatic rings. The third kappa shape index (κ3) is 7.49. The average molecular weight is 327 g/mol. The molecule has 0 aliphatic carbocycles. The number of hydrogen-bond acceptors (Lipinski definition) is 5. The standard InChI is InChI=1S/C16H22FNO5/c1-15(2,3)22-13(19)18-12-8-7-10(9-11(12)17)21-14(20)23-16(4,5)6/h7-9H,1-6H3,(H,18,19). The maximum absolute atomic E-state index is 13.9. The number of rotatable bonds is 2. The van der Waals surface area contributed by atoms with Gasteiger partial charge in [0.25, 0.3) is 0 Å². The number of nitrogens with one attached hydrogen (secondary N) is 1. The van der Waals surface area contributed by atoms with Crippen molar-refractivity contribution < 1.29 is 28.2 Å². The molecule has 1 aromatic carbocycles. The molecule has 0 aliphatic heterocycles. The van der Waals surface area contributed by atoms with Crippen molar-refractivity contribution in [1.82, 2.24) is 0 Å². The molecule has 23 heavy (non-hydrogen) atoms. The number of amides is 1. The summed E-state index contributed by atoms with van der Waals surface area (Å²) >= 11 is 0. The van der Waals surface area contributed by atoms with Crippen molar-refractivity contribution in [3.8, 4) is 5.75 Å². The fourth-order valence-electron chi connectivity index (χ4n) is 1.44. The van der Waals surface area contributed by atoms with E-state index in [1.165, 1.54) is 12.1 Å². The SMILES string of the molecule is CC(C)(C)OC(=O)Nc1ccc(OC(=O)OC(C)(C)C)cc1F. The van der Waals surface area contributed by atoms with Crippen LogP contribution in [0.1, 0.15) is 41.5 Å². The normalized spacial score (nSPS) is 11.6. The molecule has 0 heterocycles. The minimum Gasteiger partial charge on any atom is -0.444 e. The monoisotopic (exact) mass is 327 g/mol. The van der Waals surface area contributed by atoms with Gasteiger partial charge in [-0.15, -0.1) is 0 Å². The third-order valence-corrected chi connectivity index (χ3v) is 2.17.